The van der Waals surface area contributed by atoms with Gasteiger partial charge in [-0.25, -0.2) is 4.39 Å². The lowest BCUT2D eigenvalue weighted by molar-refractivity contribution is -0.137. The van der Waals surface area contributed by atoms with Gasteiger partial charge in [0.2, 0.25) is 0 Å². The minimum atomic E-state index is -4.52. The molecule has 2 nitrogen and oxygen atoms in total. The summed E-state index contributed by atoms with van der Waals surface area (Å²) < 4.78 is 55.6. The van der Waals surface area contributed by atoms with E-state index in [-0.39, 0.29) is 5.69 Å². The van der Waals surface area contributed by atoms with Crippen molar-refractivity contribution < 1.29 is 22.3 Å². The topological polar surface area (TPSA) is 21.3 Å². The van der Waals surface area contributed by atoms with Crippen molar-refractivity contribution in [1.82, 2.24) is 0 Å². The van der Waals surface area contributed by atoms with Gasteiger partial charge in [-0.3, -0.25) is 0 Å². The molecule has 0 bridgehead atoms. The largest absolute Gasteiger partial charge is 0.416 e. The van der Waals surface area contributed by atoms with Crippen LogP contribution in [0.2, 0.25) is 0 Å². The van der Waals surface area contributed by atoms with Crippen molar-refractivity contribution in [2.75, 3.05) is 25.1 Å². The van der Waals surface area contributed by atoms with Crippen LogP contribution >= 0.6 is 0 Å². The number of rotatable bonds is 7. The average Bonchev–Trinajstić information content (AvgIpc) is 2.34. The van der Waals surface area contributed by atoms with Crippen molar-refractivity contribution in [3.63, 3.8) is 0 Å². The Bertz CT molecular complexity index is 393. The molecule has 19 heavy (non-hydrogen) atoms. The maximum Gasteiger partial charge on any atom is 0.416 e. The van der Waals surface area contributed by atoms with Crippen molar-refractivity contribution in [2.45, 2.75) is 25.9 Å². The van der Waals surface area contributed by atoms with Crippen LogP contribution in [0.1, 0.15) is 25.3 Å². The Hall–Kier alpha value is -1.30. The molecule has 0 saturated heterocycles. The molecule has 0 aromatic heterocycles. The van der Waals surface area contributed by atoms with E-state index in [0.717, 1.165) is 18.6 Å². The van der Waals surface area contributed by atoms with Crippen LogP contribution in [0.15, 0.2) is 18.2 Å². The molecule has 0 spiro atoms. The first-order chi connectivity index (χ1) is 8.95. The van der Waals surface area contributed by atoms with Gasteiger partial charge in [-0.05, 0) is 31.0 Å². The minimum Gasteiger partial charge on any atom is -0.383 e. The molecule has 0 amide bonds. The summed E-state index contributed by atoms with van der Waals surface area (Å²) in [4.78, 5) is 0. The first-order valence-corrected chi connectivity index (χ1v) is 6.13. The Morgan fingerprint density at radius 2 is 1.95 bits per heavy atom. The van der Waals surface area contributed by atoms with Crippen LogP contribution in [0.4, 0.5) is 23.2 Å². The lowest BCUT2D eigenvalue weighted by atomic mass is 10.2. The summed E-state index contributed by atoms with van der Waals surface area (Å²) in [6.45, 7) is 3.67. The van der Waals surface area contributed by atoms with Crippen molar-refractivity contribution in [3.05, 3.63) is 29.6 Å². The highest BCUT2D eigenvalue weighted by Crippen LogP contribution is 2.31. The van der Waals surface area contributed by atoms with E-state index in [2.05, 4.69) is 5.32 Å². The quantitative estimate of drug-likeness (QED) is 0.600. The Labute approximate surface area is 109 Å². The fraction of sp³-hybridized carbons (Fsp3) is 0.538. The third-order valence-electron chi connectivity index (χ3n) is 2.43. The first-order valence-electron chi connectivity index (χ1n) is 6.13. The van der Waals surface area contributed by atoms with E-state index in [4.69, 9.17) is 4.74 Å². The third kappa shape index (κ3) is 5.46. The highest BCUT2D eigenvalue weighted by atomic mass is 19.4. The van der Waals surface area contributed by atoms with E-state index in [9.17, 15) is 17.6 Å². The normalized spacial score (nSPS) is 11.6. The Morgan fingerprint density at radius 3 is 2.53 bits per heavy atom. The number of hydrogen-bond donors (Lipinski definition) is 1. The summed E-state index contributed by atoms with van der Waals surface area (Å²) in [6.07, 6.45) is -2.92. The Balaban J connectivity index is 2.43. The lowest BCUT2D eigenvalue weighted by Crippen LogP contribution is -2.09. The lowest BCUT2D eigenvalue weighted by Gasteiger charge is -2.11. The Kier molecular flexibility index (Phi) is 6.08. The third-order valence-corrected chi connectivity index (χ3v) is 2.43. The summed E-state index contributed by atoms with van der Waals surface area (Å²) >= 11 is 0. The molecule has 0 aliphatic heterocycles. The molecule has 6 heteroatoms. The van der Waals surface area contributed by atoms with Crippen LogP contribution in [0, 0.1) is 5.82 Å². The van der Waals surface area contributed by atoms with E-state index in [1.165, 1.54) is 0 Å². The molecule has 1 N–H and O–H groups in total. The van der Waals surface area contributed by atoms with Crippen LogP contribution in [0.3, 0.4) is 0 Å². The zero-order valence-corrected chi connectivity index (χ0v) is 10.7. The van der Waals surface area contributed by atoms with Crippen molar-refractivity contribution in [3.8, 4) is 0 Å². The predicted molar refractivity (Wildman–Crippen MR) is 65.6 cm³/mol. The number of nitrogens with one attached hydrogen (secondary N) is 1. The molecule has 0 fully saturated rings. The molecule has 0 unspecified atom stereocenters. The number of alkyl halides is 3. The second kappa shape index (κ2) is 7.33. The molecular formula is C13H17F4NO. The maximum atomic E-state index is 13.4. The molecule has 0 radical (unpaired) electrons. The van der Waals surface area contributed by atoms with Gasteiger partial charge in [-0.1, -0.05) is 6.92 Å². The van der Waals surface area contributed by atoms with Gasteiger partial charge in [0.15, 0.2) is 0 Å². The predicted octanol–water partition coefficient (Wildman–Crippen LogP) is 4.07. The van der Waals surface area contributed by atoms with E-state index >= 15 is 0 Å². The summed E-state index contributed by atoms with van der Waals surface area (Å²) in [5.41, 5.74) is -0.912. The van der Waals surface area contributed by atoms with Gasteiger partial charge in [0.1, 0.15) is 5.82 Å². The number of halogens is 4. The molecule has 1 aromatic carbocycles. The number of anilines is 1. The fourth-order valence-corrected chi connectivity index (χ4v) is 1.48. The van der Waals surface area contributed by atoms with Gasteiger partial charge in [-0.15, -0.1) is 0 Å². The van der Waals surface area contributed by atoms with Crippen LogP contribution in [0.25, 0.3) is 0 Å². The van der Waals surface area contributed by atoms with Crippen LogP contribution in [-0.4, -0.2) is 19.8 Å². The SMILES string of the molecule is CCCOCCCNc1ccc(C(F)(F)F)cc1F. The average molecular weight is 279 g/mol. The zero-order chi connectivity index (χ0) is 14.3. The van der Waals surface area contributed by atoms with E-state index in [0.29, 0.717) is 32.2 Å². The molecule has 0 aliphatic rings. The second-order valence-corrected chi connectivity index (χ2v) is 4.09. The van der Waals surface area contributed by atoms with Crippen LogP contribution in [-0.2, 0) is 10.9 Å². The number of benzene rings is 1. The molecule has 0 saturated carbocycles. The summed E-state index contributed by atoms with van der Waals surface area (Å²) in [6, 6.07) is 2.46. The van der Waals surface area contributed by atoms with Gasteiger partial charge in [0, 0.05) is 19.8 Å². The van der Waals surface area contributed by atoms with Crippen LogP contribution < -0.4 is 5.32 Å². The number of ether oxygens (including phenoxy) is 1. The first kappa shape index (κ1) is 15.8. The highest BCUT2D eigenvalue weighted by Gasteiger charge is 2.31. The molecule has 0 atom stereocenters. The van der Waals surface area contributed by atoms with E-state index in [1.807, 2.05) is 6.92 Å². The molecular weight excluding hydrogens is 262 g/mol. The van der Waals surface area contributed by atoms with Crippen molar-refractivity contribution >= 4 is 5.69 Å². The maximum absolute atomic E-state index is 13.4. The molecule has 0 heterocycles. The van der Waals surface area contributed by atoms with Gasteiger partial charge in [0.25, 0.3) is 0 Å². The molecule has 1 rings (SSSR count). The highest BCUT2D eigenvalue weighted by molar-refractivity contribution is 5.46. The van der Waals surface area contributed by atoms with Crippen molar-refractivity contribution in [2.24, 2.45) is 0 Å². The van der Waals surface area contributed by atoms with Gasteiger partial charge in [-0.2, -0.15) is 13.2 Å². The minimum absolute atomic E-state index is 0.0727. The number of hydrogen-bond acceptors (Lipinski definition) is 2. The molecule has 0 aliphatic carbocycles. The standard InChI is InChI=1S/C13H17F4NO/c1-2-7-19-8-3-6-18-12-5-4-10(9-11(12)14)13(15,16)17/h4-5,9,18H,2-3,6-8H2,1H3. The van der Waals surface area contributed by atoms with E-state index in [1.54, 1.807) is 0 Å². The zero-order valence-electron chi connectivity index (χ0n) is 10.7. The Morgan fingerprint density at radius 1 is 1.21 bits per heavy atom. The van der Waals surface area contributed by atoms with Gasteiger partial charge < -0.3 is 10.1 Å². The van der Waals surface area contributed by atoms with Gasteiger partial charge >= 0.3 is 6.18 Å². The molecule has 108 valence electrons. The summed E-state index contributed by atoms with van der Waals surface area (Å²) in [5.74, 6) is -0.899. The van der Waals surface area contributed by atoms with Gasteiger partial charge in [0.05, 0.1) is 11.3 Å². The monoisotopic (exact) mass is 279 g/mol. The second-order valence-electron chi connectivity index (χ2n) is 4.09. The summed E-state index contributed by atoms with van der Waals surface area (Å²) in [5, 5.41) is 2.75. The van der Waals surface area contributed by atoms with E-state index < -0.39 is 17.6 Å². The fourth-order valence-electron chi connectivity index (χ4n) is 1.48. The van der Waals surface area contributed by atoms with Crippen LogP contribution in [0.5, 0.6) is 0 Å². The molecule has 1 aromatic rings. The summed E-state index contributed by atoms with van der Waals surface area (Å²) in [7, 11) is 0. The van der Waals surface area contributed by atoms with Crippen molar-refractivity contribution in [1.29, 1.82) is 0 Å². The smallest absolute Gasteiger partial charge is 0.383 e.